The SMILES string of the molecule is CCOC(=O)NNC(=O)c1csc(C2CCN(C(=O)c3cc4ccccc4o3)CC2)n1. The molecule has 0 aliphatic carbocycles. The Bertz CT molecular complexity index is 1070. The van der Waals surface area contributed by atoms with Gasteiger partial charge in [0.15, 0.2) is 5.76 Å². The van der Waals surface area contributed by atoms with Gasteiger partial charge in [0.1, 0.15) is 11.3 Å². The summed E-state index contributed by atoms with van der Waals surface area (Å²) in [4.78, 5) is 42.4. The summed E-state index contributed by atoms with van der Waals surface area (Å²) in [6.07, 6.45) is 0.774. The molecule has 1 aliphatic rings. The number of furan rings is 1. The van der Waals surface area contributed by atoms with E-state index in [1.54, 1.807) is 23.3 Å². The quantitative estimate of drug-likeness (QED) is 0.600. The van der Waals surface area contributed by atoms with Gasteiger partial charge in [0.05, 0.1) is 11.6 Å². The van der Waals surface area contributed by atoms with Crippen LogP contribution in [0.25, 0.3) is 11.0 Å². The maximum atomic E-state index is 12.8. The van der Waals surface area contributed by atoms with Gasteiger partial charge in [-0.15, -0.1) is 11.3 Å². The summed E-state index contributed by atoms with van der Waals surface area (Å²) in [5.41, 5.74) is 5.37. The number of thiazole rings is 1. The second kappa shape index (κ2) is 9.17. The van der Waals surface area contributed by atoms with Crippen molar-refractivity contribution in [3.63, 3.8) is 0 Å². The minimum absolute atomic E-state index is 0.112. The number of hydrogen-bond acceptors (Lipinski definition) is 7. The second-order valence-corrected chi connectivity index (χ2v) is 7.98. The van der Waals surface area contributed by atoms with Gasteiger partial charge in [-0.2, -0.15) is 0 Å². The molecule has 3 aromatic rings. The topological polar surface area (TPSA) is 114 Å². The number of likely N-dealkylation sites (tertiary alicyclic amines) is 1. The summed E-state index contributed by atoms with van der Waals surface area (Å²) in [6, 6.07) is 9.32. The standard InChI is InChI=1S/C21H22N4O5S/c1-2-29-21(28)24-23-18(26)15-12-31-19(22-15)13-7-9-25(10-8-13)20(27)17-11-14-5-3-4-6-16(14)30-17/h3-6,11-13H,2,7-10H2,1H3,(H,23,26)(H,24,28). The number of hydrogen-bond donors (Lipinski definition) is 2. The lowest BCUT2D eigenvalue weighted by Gasteiger charge is -2.30. The van der Waals surface area contributed by atoms with E-state index in [1.807, 2.05) is 24.3 Å². The van der Waals surface area contributed by atoms with Crippen LogP contribution in [0.5, 0.6) is 0 Å². The van der Waals surface area contributed by atoms with Crippen molar-refractivity contribution in [2.24, 2.45) is 0 Å². The second-order valence-electron chi connectivity index (χ2n) is 7.09. The normalized spacial score (nSPS) is 14.4. The van der Waals surface area contributed by atoms with Crippen LogP contribution >= 0.6 is 11.3 Å². The predicted molar refractivity (Wildman–Crippen MR) is 114 cm³/mol. The van der Waals surface area contributed by atoms with Crippen LogP contribution in [-0.4, -0.2) is 47.5 Å². The van der Waals surface area contributed by atoms with Gasteiger partial charge < -0.3 is 14.1 Å². The number of para-hydroxylation sites is 1. The maximum Gasteiger partial charge on any atom is 0.426 e. The van der Waals surface area contributed by atoms with Crippen molar-refractivity contribution in [1.29, 1.82) is 0 Å². The lowest BCUT2D eigenvalue weighted by atomic mass is 9.97. The molecule has 1 aromatic carbocycles. The summed E-state index contributed by atoms with van der Waals surface area (Å²) in [7, 11) is 0. The van der Waals surface area contributed by atoms with Crippen molar-refractivity contribution in [3.8, 4) is 0 Å². The molecule has 10 heteroatoms. The van der Waals surface area contributed by atoms with Gasteiger partial charge in [0.2, 0.25) is 0 Å². The predicted octanol–water partition coefficient (Wildman–Crippen LogP) is 3.30. The number of carbonyl (C=O) groups excluding carboxylic acids is 3. The molecule has 2 aromatic heterocycles. The van der Waals surface area contributed by atoms with E-state index in [4.69, 9.17) is 4.42 Å². The lowest BCUT2D eigenvalue weighted by molar-refractivity contribution is 0.0683. The zero-order valence-electron chi connectivity index (χ0n) is 16.9. The number of amides is 3. The summed E-state index contributed by atoms with van der Waals surface area (Å²) >= 11 is 1.40. The molecule has 0 unspecified atom stereocenters. The van der Waals surface area contributed by atoms with E-state index in [0.717, 1.165) is 23.2 Å². The molecule has 1 aliphatic heterocycles. The molecule has 3 amide bonds. The van der Waals surface area contributed by atoms with Gasteiger partial charge in [0.25, 0.3) is 11.8 Å². The van der Waals surface area contributed by atoms with Crippen LogP contribution in [-0.2, 0) is 4.74 Å². The third-order valence-electron chi connectivity index (χ3n) is 5.08. The Morgan fingerprint density at radius 2 is 2.00 bits per heavy atom. The lowest BCUT2D eigenvalue weighted by Crippen LogP contribution is -2.42. The molecule has 0 saturated carbocycles. The Balaban J connectivity index is 1.32. The van der Waals surface area contributed by atoms with Gasteiger partial charge in [-0.25, -0.2) is 15.2 Å². The minimum Gasteiger partial charge on any atom is -0.451 e. The molecule has 2 N–H and O–H groups in total. The average molecular weight is 442 g/mol. The van der Waals surface area contributed by atoms with Gasteiger partial charge in [-0.3, -0.25) is 15.0 Å². The van der Waals surface area contributed by atoms with Gasteiger partial charge in [-0.05, 0) is 31.9 Å². The Hall–Kier alpha value is -3.40. The fourth-order valence-corrected chi connectivity index (χ4v) is 4.46. The van der Waals surface area contributed by atoms with Crippen molar-refractivity contribution < 1.29 is 23.5 Å². The van der Waals surface area contributed by atoms with Crippen molar-refractivity contribution in [2.75, 3.05) is 19.7 Å². The number of ether oxygens (including phenoxy) is 1. The number of carbonyl (C=O) groups is 3. The Morgan fingerprint density at radius 3 is 2.74 bits per heavy atom. The molecule has 0 spiro atoms. The van der Waals surface area contributed by atoms with Gasteiger partial charge in [-0.1, -0.05) is 18.2 Å². The number of rotatable bonds is 4. The molecule has 3 heterocycles. The van der Waals surface area contributed by atoms with E-state index in [-0.39, 0.29) is 24.1 Å². The number of benzene rings is 1. The van der Waals surface area contributed by atoms with E-state index in [0.29, 0.717) is 24.4 Å². The van der Waals surface area contributed by atoms with E-state index in [1.165, 1.54) is 11.3 Å². The van der Waals surface area contributed by atoms with Gasteiger partial charge >= 0.3 is 6.09 Å². The number of piperidine rings is 1. The highest BCUT2D eigenvalue weighted by Gasteiger charge is 2.28. The highest BCUT2D eigenvalue weighted by molar-refractivity contribution is 7.09. The van der Waals surface area contributed by atoms with E-state index in [2.05, 4.69) is 20.6 Å². The first-order valence-corrected chi connectivity index (χ1v) is 10.9. The van der Waals surface area contributed by atoms with Crippen LogP contribution in [0.1, 0.15) is 51.7 Å². The maximum absolute atomic E-state index is 12.8. The zero-order valence-corrected chi connectivity index (χ0v) is 17.7. The Morgan fingerprint density at radius 1 is 1.23 bits per heavy atom. The molecule has 31 heavy (non-hydrogen) atoms. The molecule has 9 nitrogen and oxygen atoms in total. The summed E-state index contributed by atoms with van der Waals surface area (Å²) in [6.45, 7) is 3.06. The van der Waals surface area contributed by atoms with Crippen molar-refractivity contribution >= 4 is 40.2 Å². The number of nitrogens with one attached hydrogen (secondary N) is 2. The molecule has 1 fully saturated rings. The van der Waals surface area contributed by atoms with Gasteiger partial charge in [0, 0.05) is 29.8 Å². The van der Waals surface area contributed by atoms with E-state index >= 15 is 0 Å². The third-order valence-corrected chi connectivity index (χ3v) is 6.08. The molecule has 162 valence electrons. The van der Waals surface area contributed by atoms with Crippen molar-refractivity contribution in [3.05, 3.63) is 52.2 Å². The van der Waals surface area contributed by atoms with Crippen LogP contribution in [0.15, 0.2) is 40.1 Å². The first-order chi connectivity index (χ1) is 15.0. The number of fused-ring (bicyclic) bond motifs is 1. The fourth-order valence-electron chi connectivity index (χ4n) is 3.49. The van der Waals surface area contributed by atoms with Crippen LogP contribution in [0.3, 0.4) is 0 Å². The monoisotopic (exact) mass is 442 g/mol. The third kappa shape index (κ3) is 4.69. The Kier molecular flexibility index (Phi) is 6.17. The highest BCUT2D eigenvalue weighted by atomic mass is 32.1. The molecule has 0 radical (unpaired) electrons. The smallest absolute Gasteiger partial charge is 0.426 e. The average Bonchev–Trinajstić information content (AvgIpc) is 3.45. The largest absolute Gasteiger partial charge is 0.451 e. The molecule has 4 rings (SSSR count). The number of hydrazine groups is 1. The minimum atomic E-state index is -0.729. The first kappa shape index (κ1) is 20.9. The van der Waals surface area contributed by atoms with Crippen molar-refractivity contribution in [1.82, 2.24) is 20.7 Å². The first-order valence-electron chi connectivity index (χ1n) is 10.0. The van der Waals surface area contributed by atoms with Crippen LogP contribution in [0, 0.1) is 0 Å². The summed E-state index contributed by atoms with van der Waals surface area (Å²) in [5.74, 6) is -0.0989. The van der Waals surface area contributed by atoms with Crippen LogP contribution < -0.4 is 10.9 Å². The van der Waals surface area contributed by atoms with Crippen LogP contribution in [0.4, 0.5) is 4.79 Å². The van der Waals surface area contributed by atoms with Crippen molar-refractivity contribution in [2.45, 2.75) is 25.7 Å². The highest BCUT2D eigenvalue weighted by Crippen LogP contribution is 2.31. The number of nitrogens with zero attached hydrogens (tertiary/aromatic N) is 2. The molecule has 0 bridgehead atoms. The van der Waals surface area contributed by atoms with E-state index < -0.39 is 12.0 Å². The fraction of sp³-hybridized carbons (Fsp3) is 0.333. The zero-order chi connectivity index (χ0) is 21.8. The molecule has 0 atom stereocenters. The number of aromatic nitrogens is 1. The van der Waals surface area contributed by atoms with Crippen LogP contribution in [0.2, 0.25) is 0 Å². The molecular weight excluding hydrogens is 420 g/mol. The Labute approximate surface area is 182 Å². The van der Waals surface area contributed by atoms with E-state index in [9.17, 15) is 14.4 Å². The summed E-state index contributed by atoms with van der Waals surface area (Å²) in [5, 5.41) is 3.41. The molecule has 1 saturated heterocycles. The summed E-state index contributed by atoms with van der Waals surface area (Å²) < 4.78 is 10.4. The molecular formula is C21H22N4O5S.